The topological polar surface area (TPSA) is 77.3 Å². The van der Waals surface area contributed by atoms with Crippen molar-refractivity contribution < 1.29 is 22.7 Å². The van der Waals surface area contributed by atoms with Crippen molar-refractivity contribution in [2.75, 3.05) is 6.61 Å². The predicted molar refractivity (Wildman–Crippen MR) is 157 cm³/mol. The van der Waals surface area contributed by atoms with Crippen LogP contribution in [0.15, 0.2) is 102 Å². The molecule has 43 heavy (non-hydrogen) atoms. The van der Waals surface area contributed by atoms with E-state index in [4.69, 9.17) is 9.72 Å². The zero-order valence-electron chi connectivity index (χ0n) is 23.6. The van der Waals surface area contributed by atoms with Gasteiger partial charge >= 0.3 is 6.18 Å². The van der Waals surface area contributed by atoms with Gasteiger partial charge in [-0.05, 0) is 80.1 Å². The van der Waals surface area contributed by atoms with Gasteiger partial charge in [-0.2, -0.15) is 13.2 Å². The quantitative estimate of drug-likeness (QED) is 0.196. The van der Waals surface area contributed by atoms with Gasteiger partial charge in [-0.25, -0.2) is 4.98 Å². The Morgan fingerprint density at radius 3 is 2.30 bits per heavy atom. The highest BCUT2D eigenvalue weighted by atomic mass is 19.4. The summed E-state index contributed by atoms with van der Waals surface area (Å²) in [5, 5.41) is 0.416. The van der Waals surface area contributed by atoms with E-state index in [1.807, 2.05) is 6.92 Å². The van der Waals surface area contributed by atoms with Gasteiger partial charge in [0.1, 0.15) is 11.6 Å². The number of pyridine rings is 1. The van der Waals surface area contributed by atoms with E-state index in [1.165, 1.54) is 16.7 Å². The SMILES string of the molecule is CCOc1ccc(-n2c(C(C)N(Cc3ccccn3)C(=O)Cc3ccc(C(F)(F)F)cc3)nc3ccccc3c2=O)cc1. The molecule has 0 aliphatic carbocycles. The fraction of sp³-hybridized carbons (Fsp3) is 0.212. The Morgan fingerprint density at radius 2 is 1.65 bits per heavy atom. The third-order valence-electron chi connectivity index (χ3n) is 7.06. The molecule has 3 aromatic carbocycles. The molecule has 0 aliphatic rings. The van der Waals surface area contributed by atoms with Gasteiger partial charge in [0.25, 0.3) is 5.56 Å². The van der Waals surface area contributed by atoms with Crippen molar-refractivity contribution in [2.45, 2.75) is 39.0 Å². The smallest absolute Gasteiger partial charge is 0.416 e. The lowest BCUT2D eigenvalue weighted by Crippen LogP contribution is -2.38. The molecule has 2 heterocycles. The van der Waals surface area contributed by atoms with Gasteiger partial charge in [0, 0.05) is 6.20 Å². The lowest BCUT2D eigenvalue weighted by Gasteiger charge is -2.30. The van der Waals surface area contributed by atoms with Gasteiger partial charge < -0.3 is 9.64 Å². The standard InChI is InChI=1S/C33H29F3N4O3/c1-3-43-27-17-15-26(16-18-27)40-31(38-29-10-5-4-9-28(29)32(40)42)22(2)39(21-25-8-6-7-19-37-25)30(41)20-23-11-13-24(14-12-23)33(34,35)36/h4-19,22H,3,20-21H2,1-2H3. The second kappa shape index (κ2) is 12.5. The minimum Gasteiger partial charge on any atom is -0.494 e. The van der Waals surface area contributed by atoms with Crippen LogP contribution in [0.4, 0.5) is 13.2 Å². The summed E-state index contributed by atoms with van der Waals surface area (Å²) in [6, 6.07) is 23.1. The van der Waals surface area contributed by atoms with Gasteiger partial charge in [0.2, 0.25) is 5.91 Å². The molecule has 220 valence electrons. The first kappa shape index (κ1) is 29.5. The molecule has 0 saturated carbocycles. The van der Waals surface area contributed by atoms with E-state index < -0.39 is 17.8 Å². The summed E-state index contributed by atoms with van der Waals surface area (Å²) < 4.78 is 46.4. The number of carbonyl (C=O) groups is 1. The highest BCUT2D eigenvalue weighted by Crippen LogP contribution is 2.30. The first-order chi connectivity index (χ1) is 20.7. The molecule has 2 aromatic heterocycles. The van der Waals surface area contributed by atoms with Crippen molar-refractivity contribution in [1.82, 2.24) is 19.4 Å². The zero-order chi connectivity index (χ0) is 30.6. The average Bonchev–Trinajstić information content (AvgIpc) is 3.00. The maximum absolute atomic E-state index is 13.9. The molecule has 1 unspecified atom stereocenters. The van der Waals surface area contributed by atoms with Crippen LogP contribution in [0.25, 0.3) is 16.6 Å². The Kier molecular flexibility index (Phi) is 8.56. The monoisotopic (exact) mass is 586 g/mol. The van der Waals surface area contributed by atoms with Crippen molar-refractivity contribution in [3.05, 3.63) is 130 Å². The Bertz CT molecular complexity index is 1770. The number of halogens is 3. The van der Waals surface area contributed by atoms with Gasteiger partial charge in [-0.1, -0.05) is 30.3 Å². The highest BCUT2D eigenvalue weighted by Gasteiger charge is 2.31. The number of alkyl halides is 3. The minimum absolute atomic E-state index is 0.0907. The van der Waals surface area contributed by atoms with E-state index in [0.29, 0.717) is 46.0 Å². The number of rotatable bonds is 9. The Morgan fingerprint density at radius 1 is 0.953 bits per heavy atom. The minimum atomic E-state index is -4.48. The third-order valence-corrected chi connectivity index (χ3v) is 7.06. The van der Waals surface area contributed by atoms with E-state index in [2.05, 4.69) is 4.98 Å². The number of hydrogen-bond acceptors (Lipinski definition) is 5. The maximum Gasteiger partial charge on any atom is 0.416 e. The Labute approximate surface area is 246 Å². The van der Waals surface area contributed by atoms with Crippen LogP contribution < -0.4 is 10.3 Å². The first-order valence-corrected chi connectivity index (χ1v) is 13.8. The fourth-order valence-corrected chi connectivity index (χ4v) is 4.87. The zero-order valence-corrected chi connectivity index (χ0v) is 23.6. The molecular weight excluding hydrogens is 557 g/mol. The van der Waals surface area contributed by atoms with E-state index in [-0.39, 0.29) is 24.4 Å². The molecule has 0 spiro atoms. The lowest BCUT2D eigenvalue weighted by atomic mass is 10.1. The van der Waals surface area contributed by atoms with Gasteiger partial charge in [0.05, 0.1) is 53.5 Å². The summed E-state index contributed by atoms with van der Waals surface area (Å²) in [4.78, 5) is 38.5. The molecule has 0 fully saturated rings. The largest absolute Gasteiger partial charge is 0.494 e. The van der Waals surface area contributed by atoms with Crippen LogP contribution in [0, 0.1) is 0 Å². The highest BCUT2D eigenvalue weighted by molar-refractivity contribution is 5.80. The number of hydrogen-bond donors (Lipinski definition) is 0. The van der Waals surface area contributed by atoms with Crippen LogP contribution in [-0.2, 0) is 23.9 Å². The number of fused-ring (bicyclic) bond motifs is 1. The summed E-state index contributed by atoms with van der Waals surface area (Å²) in [6.45, 7) is 4.23. The summed E-state index contributed by atoms with van der Waals surface area (Å²) >= 11 is 0. The molecule has 1 atom stereocenters. The lowest BCUT2D eigenvalue weighted by molar-refractivity contribution is -0.137. The van der Waals surface area contributed by atoms with Gasteiger partial charge in [-0.3, -0.25) is 19.1 Å². The normalized spacial score (nSPS) is 12.2. The molecule has 5 rings (SSSR count). The van der Waals surface area contributed by atoms with Gasteiger partial charge in [-0.15, -0.1) is 0 Å². The van der Waals surface area contributed by atoms with Crippen LogP contribution >= 0.6 is 0 Å². The number of benzene rings is 3. The number of ether oxygens (including phenoxy) is 1. The predicted octanol–water partition coefficient (Wildman–Crippen LogP) is 6.53. The van der Waals surface area contributed by atoms with Gasteiger partial charge in [0.15, 0.2) is 0 Å². The van der Waals surface area contributed by atoms with Crippen LogP contribution in [0.5, 0.6) is 5.75 Å². The number of aromatic nitrogens is 3. The van der Waals surface area contributed by atoms with E-state index in [9.17, 15) is 22.8 Å². The number of nitrogens with zero attached hydrogens (tertiary/aromatic N) is 4. The third kappa shape index (κ3) is 6.58. The second-order valence-corrected chi connectivity index (χ2v) is 9.94. The maximum atomic E-state index is 13.9. The molecule has 0 aliphatic heterocycles. The van der Waals surface area contributed by atoms with Crippen LogP contribution in [0.1, 0.15) is 42.5 Å². The van der Waals surface area contributed by atoms with Crippen LogP contribution in [0.2, 0.25) is 0 Å². The Balaban J connectivity index is 1.59. The number of para-hydroxylation sites is 1. The van der Waals surface area contributed by atoms with Crippen LogP contribution in [-0.4, -0.2) is 31.9 Å². The van der Waals surface area contributed by atoms with Crippen molar-refractivity contribution in [2.24, 2.45) is 0 Å². The number of amides is 1. The van der Waals surface area contributed by atoms with Crippen molar-refractivity contribution >= 4 is 16.8 Å². The second-order valence-electron chi connectivity index (χ2n) is 9.94. The average molecular weight is 587 g/mol. The summed E-state index contributed by atoms with van der Waals surface area (Å²) in [5.41, 5.74) is 0.954. The molecule has 0 radical (unpaired) electrons. The van der Waals surface area contributed by atoms with E-state index in [1.54, 1.807) is 84.8 Å². The first-order valence-electron chi connectivity index (χ1n) is 13.8. The van der Waals surface area contributed by atoms with E-state index >= 15 is 0 Å². The summed E-state index contributed by atoms with van der Waals surface area (Å²) in [7, 11) is 0. The fourth-order valence-electron chi connectivity index (χ4n) is 4.87. The molecule has 7 nitrogen and oxygen atoms in total. The molecular formula is C33H29F3N4O3. The summed E-state index contributed by atoms with van der Waals surface area (Å²) in [6.07, 6.45) is -3.02. The molecule has 0 N–H and O–H groups in total. The molecule has 0 bridgehead atoms. The molecule has 1 amide bonds. The molecule has 0 saturated heterocycles. The van der Waals surface area contributed by atoms with Crippen molar-refractivity contribution in [3.63, 3.8) is 0 Å². The molecule has 5 aromatic rings. The van der Waals surface area contributed by atoms with Crippen LogP contribution in [0.3, 0.4) is 0 Å². The van der Waals surface area contributed by atoms with E-state index in [0.717, 1.165) is 12.1 Å². The van der Waals surface area contributed by atoms with Crippen molar-refractivity contribution in [3.8, 4) is 11.4 Å². The number of carbonyl (C=O) groups excluding carboxylic acids is 1. The Hall–Kier alpha value is -4.99. The van der Waals surface area contributed by atoms with Crippen molar-refractivity contribution in [1.29, 1.82) is 0 Å². The summed E-state index contributed by atoms with van der Waals surface area (Å²) in [5.74, 6) is 0.606. The molecule has 10 heteroatoms.